The highest BCUT2D eigenvalue weighted by atomic mass is 16.5. The molecule has 2 aromatic carbocycles. The van der Waals surface area contributed by atoms with E-state index in [2.05, 4.69) is 22.0 Å². The molecule has 3 aromatic rings. The monoisotopic (exact) mass is 451 g/mol. The molecule has 1 aliphatic carbocycles. The number of nitrogens with zero attached hydrogens (tertiary/aromatic N) is 2. The molecule has 33 heavy (non-hydrogen) atoms. The van der Waals surface area contributed by atoms with E-state index in [4.69, 9.17) is 19.2 Å². The molecule has 176 valence electrons. The average molecular weight is 452 g/mol. The van der Waals surface area contributed by atoms with Gasteiger partial charge in [-0.05, 0) is 56.3 Å². The van der Waals surface area contributed by atoms with Crippen molar-refractivity contribution in [3.63, 3.8) is 0 Å². The molecule has 1 saturated carbocycles. The lowest BCUT2D eigenvalue weighted by molar-refractivity contribution is 0.340. The van der Waals surface area contributed by atoms with Gasteiger partial charge in [0.15, 0.2) is 11.5 Å². The lowest BCUT2D eigenvalue weighted by Gasteiger charge is -2.22. The Kier molecular flexibility index (Phi) is 7.08. The Balaban J connectivity index is 1.95. The van der Waals surface area contributed by atoms with Crippen molar-refractivity contribution in [3.8, 4) is 45.6 Å². The molecule has 0 aliphatic heterocycles. The van der Waals surface area contributed by atoms with Gasteiger partial charge in [-0.3, -0.25) is 0 Å². The second kappa shape index (κ2) is 10.2. The van der Waals surface area contributed by atoms with E-state index in [1.54, 1.807) is 7.11 Å². The molecule has 4 rings (SSSR count). The number of hydrogen-bond acceptors (Lipinski definition) is 6. The standard InChI is InChI=1S/C26H33N3O4/c1-27-16-29-24(18-10-12-20(31-2)13-11-18)23(17-8-6-5-7-9-17)28-26(29)19-14-21(32-3)25(30)22(15-19)33-4/h10-15,17,27,30H,5-9,16H2,1-4H3. The molecule has 0 bridgehead atoms. The number of rotatable bonds is 8. The third-order valence-corrected chi connectivity index (χ3v) is 6.40. The molecule has 7 heteroatoms. The number of aromatic nitrogens is 2. The summed E-state index contributed by atoms with van der Waals surface area (Å²) in [5.41, 5.74) is 4.16. The number of benzene rings is 2. The van der Waals surface area contributed by atoms with Gasteiger partial charge < -0.3 is 29.2 Å². The summed E-state index contributed by atoms with van der Waals surface area (Å²) < 4.78 is 18.4. The fourth-order valence-electron chi connectivity index (χ4n) is 4.74. The SMILES string of the molecule is CNCn1c(-c2cc(OC)c(O)c(OC)c2)nc(C2CCCCC2)c1-c1ccc(OC)cc1. The highest BCUT2D eigenvalue weighted by Gasteiger charge is 2.27. The van der Waals surface area contributed by atoms with E-state index in [0.29, 0.717) is 24.1 Å². The summed E-state index contributed by atoms with van der Waals surface area (Å²) in [6.07, 6.45) is 6.01. The first kappa shape index (κ1) is 23.0. The third-order valence-electron chi connectivity index (χ3n) is 6.40. The van der Waals surface area contributed by atoms with Gasteiger partial charge >= 0.3 is 0 Å². The van der Waals surface area contributed by atoms with Crippen LogP contribution in [0.4, 0.5) is 0 Å². The molecule has 0 amide bonds. The molecule has 0 radical (unpaired) electrons. The molecule has 0 spiro atoms. The first-order valence-corrected chi connectivity index (χ1v) is 11.5. The van der Waals surface area contributed by atoms with E-state index in [0.717, 1.165) is 46.9 Å². The summed E-state index contributed by atoms with van der Waals surface area (Å²) in [6, 6.07) is 11.8. The molecule has 0 saturated heterocycles. The molecule has 0 atom stereocenters. The zero-order valence-electron chi connectivity index (χ0n) is 19.9. The molecule has 1 heterocycles. The molecule has 1 aromatic heterocycles. The summed E-state index contributed by atoms with van der Waals surface area (Å²) in [5.74, 6) is 2.74. The summed E-state index contributed by atoms with van der Waals surface area (Å²) in [7, 11) is 6.68. The molecule has 2 N–H and O–H groups in total. The average Bonchev–Trinajstić information content (AvgIpc) is 3.24. The maximum Gasteiger partial charge on any atom is 0.200 e. The van der Waals surface area contributed by atoms with E-state index in [1.807, 2.05) is 31.3 Å². The minimum absolute atomic E-state index is 0.0154. The van der Waals surface area contributed by atoms with Gasteiger partial charge in [0.25, 0.3) is 0 Å². The molecule has 7 nitrogen and oxygen atoms in total. The van der Waals surface area contributed by atoms with Crippen molar-refractivity contribution >= 4 is 0 Å². The molecule has 1 fully saturated rings. The van der Waals surface area contributed by atoms with Crippen molar-refractivity contribution in [1.82, 2.24) is 14.9 Å². The number of ether oxygens (including phenoxy) is 3. The number of imidazole rings is 1. The van der Waals surface area contributed by atoms with Gasteiger partial charge in [0.2, 0.25) is 5.75 Å². The second-order valence-electron chi connectivity index (χ2n) is 8.40. The topological polar surface area (TPSA) is 77.8 Å². The van der Waals surface area contributed by atoms with Crippen LogP contribution in [0, 0.1) is 0 Å². The van der Waals surface area contributed by atoms with Crippen molar-refractivity contribution in [3.05, 3.63) is 42.1 Å². The second-order valence-corrected chi connectivity index (χ2v) is 8.40. The number of phenolic OH excluding ortho intramolecular Hbond substituents is 1. The van der Waals surface area contributed by atoms with Crippen molar-refractivity contribution in [2.24, 2.45) is 0 Å². The predicted molar refractivity (Wildman–Crippen MR) is 129 cm³/mol. The number of methoxy groups -OCH3 is 3. The van der Waals surface area contributed by atoms with Gasteiger partial charge in [-0.25, -0.2) is 4.98 Å². The van der Waals surface area contributed by atoms with Crippen LogP contribution in [-0.4, -0.2) is 43.0 Å². The lowest BCUT2D eigenvalue weighted by atomic mass is 9.85. The van der Waals surface area contributed by atoms with E-state index >= 15 is 0 Å². The number of nitrogens with one attached hydrogen (secondary N) is 1. The Bertz CT molecular complexity index is 1060. The van der Waals surface area contributed by atoms with E-state index < -0.39 is 0 Å². The quantitative estimate of drug-likeness (QED) is 0.492. The van der Waals surface area contributed by atoms with Crippen LogP contribution in [0.25, 0.3) is 22.6 Å². The van der Waals surface area contributed by atoms with Gasteiger partial charge in [-0.2, -0.15) is 0 Å². The van der Waals surface area contributed by atoms with E-state index in [9.17, 15) is 5.11 Å². The van der Waals surface area contributed by atoms with Crippen LogP contribution in [0.2, 0.25) is 0 Å². The van der Waals surface area contributed by atoms with Gasteiger partial charge in [0, 0.05) is 17.0 Å². The van der Waals surface area contributed by atoms with Crippen LogP contribution in [0.15, 0.2) is 36.4 Å². The maximum absolute atomic E-state index is 10.4. The van der Waals surface area contributed by atoms with Crippen LogP contribution in [0.1, 0.15) is 43.7 Å². The summed E-state index contributed by atoms with van der Waals surface area (Å²) in [5, 5.41) is 13.7. The Morgan fingerprint density at radius 2 is 1.58 bits per heavy atom. The van der Waals surface area contributed by atoms with Crippen LogP contribution < -0.4 is 19.5 Å². The Hall–Kier alpha value is -3.19. The fraction of sp³-hybridized carbons (Fsp3) is 0.423. The van der Waals surface area contributed by atoms with Gasteiger partial charge in [-0.15, -0.1) is 0 Å². The summed E-state index contributed by atoms with van der Waals surface area (Å²) in [6.45, 7) is 0.585. The zero-order valence-corrected chi connectivity index (χ0v) is 19.9. The molecular formula is C26H33N3O4. The minimum Gasteiger partial charge on any atom is -0.502 e. The summed E-state index contributed by atoms with van der Waals surface area (Å²) >= 11 is 0. The van der Waals surface area contributed by atoms with Crippen LogP contribution in [-0.2, 0) is 6.67 Å². The first-order chi connectivity index (χ1) is 16.1. The van der Waals surface area contributed by atoms with Crippen molar-refractivity contribution in [2.75, 3.05) is 28.4 Å². The lowest BCUT2D eigenvalue weighted by Crippen LogP contribution is -2.15. The first-order valence-electron chi connectivity index (χ1n) is 11.5. The molecule has 0 unspecified atom stereocenters. The Morgan fingerprint density at radius 3 is 2.12 bits per heavy atom. The van der Waals surface area contributed by atoms with Crippen LogP contribution >= 0.6 is 0 Å². The zero-order chi connectivity index (χ0) is 23.4. The normalized spacial score (nSPS) is 14.3. The summed E-state index contributed by atoms with van der Waals surface area (Å²) in [4.78, 5) is 5.22. The largest absolute Gasteiger partial charge is 0.502 e. The van der Waals surface area contributed by atoms with E-state index in [1.165, 1.54) is 33.5 Å². The Morgan fingerprint density at radius 1 is 0.939 bits per heavy atom. The third kappa shape index (κ3) is 4.50. The number of phenols is 1. The number of hydrogen-bond donors (Lipinski definition) is 2. The molecule has 1 aliphatic rings. The fourth-order valence-corrected chi connectivity index (χ4v) is 4.74. The van der Waals surface area contributed by atoms with Crippen molar-refractivity contribution in [1.29, 1.82) is 0 Å². The Labute approximate surface area is 195 Å². The smallest absolute Gasteiger partial charge is 0.200 e. The maximum atomic E-state index is 10.4. The number of aromatic hydroxyl groups is 1. The van der Waals surface area contributed by atoms with E-state index in [-0.39, 0.29) is 5.75 Å². The van der Waals surface area contributed by atoms with Crippen LogP contribution in [0.3, 0.4) is 0 Å². The van der Waals surface area contributed by atoms with Gasteiger partial charge in [0.1, 0.15) is 11.6 Å². The van der Waals surface area contributed by atoms with Crippen molar-refractivity contribution < 1.29 is 19.3 Å². The highest BCUT2D eigenvalue weighted by Crippen LogP contribution is 2.44. The predicted octanol–water partition coefficient (Wildman–Crippen LogP) is 5.17. The highest BCUT2D eigenvalue weighted by molar-refractivity contribution is 5.73. The van der Waals surface area contributed by atoms with Crippen molar-refractivity contribution in [2.45, 2.75) is 44.7 Å². The molecular weight excluding hydrogens is 418 g/mol. The van der Waals surface area contributed by atoms with Gasteiger partial charge in [-0.1, -0.05) is 19.3 Å². The van der Waals surface area contributed by atoms with Gasteiger partial charge in [0.05, 0.1) is 39.4 Å². The van der Waals surface area contributed by atoms with Crippen LogP contribution in [0.5, 0.6) is 23.0 Å². The minimum atomic E-state index is -0.0154.